The SMILES string of the molecule is C=C(CCNC(=O)c1cc(OC)no1)NC(=O)COc1ccc(Cl)c(Cl)c1. The number of ether oxygens (including phenoxy) is 2. The summed E-state index contributed by atoms with van der Waals surface area (Å²) in [6.07, 6.45) is 0.329. The number of halogens is 2. The lowest BCUT2D eigenvalue weighted by Crippen LogP contribution is -2.30. The smallest absolute Gasteiger partial charge is 0.290 e. The number of benzene rings is 1. The molecule has 0 unspecified atom stereocenters. The third-order valence-electron chi connectivity index (χ3n) is 3.21. The molecule has 0 bridgehead atoms. The lowest BCUT2D eigenvalue weighted by atomic mass is 10.3. The highest BCUT2D eigenvalue weighted by Gasteiger charge is 2.13. The Hall–Kier alpha value is -2.71. The number of aromatic nitrogens is 1. The molecular weight excluding hydrogens is 397 g/mol. The van der Waals surface area contributed by atoms with Crippen LogP contribution in [0, 0.1) is 0 Å². The van der Waals surface area contributed by atoms with Gasteiger partial charge in [-0.05, 0) is 17.3 Å². The van der Waals surface area contributed by atoms with Gasteiger partial charge in [0.15, 0.2) is 6.61 Å². The van der Waals surface area contributed by atoms with Gasteiger partial charge in [-0.15, -0.1) is 0 Å². The Morgan fingerprint density at radius 1 is 1.26 bits per heavy atom. The summed E-state index contributed by atoms with van der Waals surface area (Å²) >= 11 is 11.7. The summed E-state index contributed by atoms with van der Waals surface area (Å²) in [5, 5.41) is 9.45. The van der Waals surface area contributed by atoms with E-state index in [2.05, 4.69) is 22.4 Å². The standard InChI is InChI=1S/C17H17Cl2N3O5/c1-10(5-6-20-17(24)14-8-16(25-2)22-27-14)21-15(23)9-26-11-3-4-12(18)13(19)7-11/h3-4,7-8H,1,5-6,9H2,2H3,(H,20,24)(H,21,23). The summed E-state index contributed by atoms with van der Waals surface area (Å²) in [5.41, 5.74) is 0.424. The topological polar surface area (TPSA) is 103 Å². The molecule has 0 saturated heterocycles. The van der Waals surface area contributed by atoms with Crippen molar-refractivity contribution in [3.05, 3.63) is 52.3 Å². The summed E-state index contributed by atoms with van der Waals surface area (Å²) in [7, 11) is 1.41. The Balaban J connectivity index is 1.67. The number of hydrogen-bond donors (Lipinski definition) is 2. The van der Waals surface area contributed by atoms with E-state index < -0.39 is 11.8 Å². The molecule has 27 heavy (non-hydrogen) atoms. The quantitative estimate of drug-likeness (QED) is 0.654. The first-order valence-electron chi connectivity index (χ1n) is 7.73. The molecule has 0 atom stereocenters. The molecule has 144 valence electrons. The first-order chi connectivity index (χ1) is 12.9. The maximum absolute atomic E-state index is 11.9. The van der Waals surface area contributed by atoms with Crippen LogP contribution in [-0.2, 0) is 4.79 Å². The van der Waals surface area contributed by atoms with Crippen LogP contribution in [0.1, 0.15) is 17.0 Å². The summed E-state index contributed by atoms with van der Waals surface area (Å²) in [4.78, 5) is 23.7. The van der Waals surface area contributed by atoms with Crippen LogP contribution in [0.2, 0.25) is 10.0 Å². The van der Waals surface area contributed by atoms with Crippen LogP contribution in [0.4, 0.5) is 0 Å². The molecule has 0 aliphatic carbocycles. The minimum atomic E-state index is -0.451. The molecular formula is C17H17Cl2N3O5. The molecule has 0 spiro atoms. The molecule has 2 amide bonds. The molecule has 2 aromatic rings. The summed E-state index contributed by atoms with van der Waals surface area (Å²) in [6.45, 7) is 3.75. The Bertz CT molecular complexity index is 838. The van der Waals surface area contributed by atoms with Crippen LogP contribution in [0.15, 0.2) is 41.1 Å². The monoisotopic (exact) mass is 413 g/mol. The summed E-state index contributed by atoms with van der Waals surface area (Å²) < 4.78 is 15.0. The van der Waals surface area contributed by atoms with Crippen molar-refractivity contribution in [2.45, 2.75) is 6.42 Å². The van der Waals surface area contributed by atoms with Crippen molar-refractivity contribution >= 4 is 35.0 Å². The van der Waals surface area contributed by atoms with Crippen LogP contribution in [0.3, 0.4) is 0 Å². The molecule has 1 aromatic carbocycles. The molecule has 0 fully saturated rings. The van der Waals surface area contributed by atoms with E-state index in [1.54, 1.807) is 12.1 Å². The van der Waals surface area contributed by atoms with Gasteiger partial charge in [-0.2, -0.15) is 0 Å². The van der Waals surface area contributed by atoms with Gasteiger partial charge in [-0.3, -0.25) is 9.59 Å². The molecule has 10 heteroatoms. The lowest BCUT2D eigenvalue weighted by Gasteiger charge is -2.10. The fourth-order valence-electron chi connectivity index (χ4n) is 1.89. The van der Waals surface area contributed by atoms with Crippen LogP contribution < -0.4 is 20.1 Å². The van der Waals surface area contributed by atoms with Gasteiger partial charge in [0.05, 0.1) is 23.2 Å². The van der Waals surface area contributed by atoms with Gasteiger partial charge < -0.3 is 24.6 Å². The number of rotatable bonds is 9. The van der Waals surface area contributed by atoms with E-state index in [1.807, 2.05) is 0 Å². The van der Waals surface area contributed by atoms with Gasteiger partial charge in [-0.1, -0.05) is 29.8 Å². The van der Waals surface area contributed by atoms with Crippen molar-refractivity contribution in [1.82, 2.24) is 15.8 Å². The van der Waals surface area contributed by atoms with Crippen molar-refractivity contribution in [2.24, 2.45) is 0 Å². The highest BCUT2D eigenvalue weighted by molar-refractivity contribution is 6.42. The van der Waals surface area contributed by atoms with E-state index in [1.165, 1.54) is 19.2 Å². The molecule has 0 saturated carbocycles. The van der Waals surface area contributed by atoms with Gasteiger partial charge >= 0.3 is 0 Å². The largest absolute Gasteiger partial charge is 0.484 e. The fourth-order valence-corrected chi connectivity index (χ4v) is 2.18. The number of hydrogen-bond acceptors (Lipinski definition) is 6. The molecule has 2 rings (SSSR count). The number of methoxy groups -OCH3 is 1. The van der Waals surface area contributed by atoms with Gasteiger partial charge in [-0.25, -0.2) is 0 Å². The van der Waals surface area contributed by atoms with E-state index in [9.17, 15) is 9.59 Å². The zero-order chi connectivity index (χ0) is 19.8. The third-order valence-corrected chi connectivity index (χ3v) is 3.95. The Labute approximate surface area is 165 Å². The van der Waals surface area contributed by atoms with E-state index >= 15 is 0 Å². The van der Waals surface area contributed by atoms with E-state index in [0.717, 1.165) is 0 Å². The Kier molecular flexibility index (Phi) is 7.51. The fraction of sp³-hybridized carbons (Fsp3) is 0.235. The first kappa shape index (κ1) is 20.6. The number of amides is 2. The normalized spacial score (nSPS) is 10.2. The summed E-state index contributed by atoms with van der Waals surface area (Å²) in [5.74, 6) is -0.194. The maximum Gasteiger partial charge on any atom is 0.290 e. The second-order valence-corrected chi connectivity index (χ2v) is 6.07. The molecule has 2 N–H and O–H groups in total. The van der Waals surface area contributed by atoms with E-state index in [4.69, 9.17) is 37.2 Å². The van der Waals surface area contributed by atoms with E-state index in [0.29, 0.717) is 27.9 Å². The Morgan fingerprint density at radius 3 is 2.70 bits per heavy atom. The third kappa shape index (κ3) is 6.50. The minimum absolute atomic E-state index is 0.0246. The second-order valence-electron chi connectivity index (χ2n) is 5.26. The van der Waals surface area contributed by atoms with Crippen LogP contribution in [0.5, 0.6) is 11.6 Å². The van der Waals surface area contributed by atoms with Crippen LogP contribution in [-0.4, -0.2) is 37.2 Å². The van der Waals surface area contributed by atoms with Crippen molar-refractivity contribution < 1.29 is 23.6 Å². The number of carbonyl (C=O) groups is 2. The van der Waals surface area contributed by atoms with Gasteiger partial charge in [0, 0.05) is 24.7 Å². The number of nitrogens with one attached hydrogen (secondary N) is 2. The molecule has 0 radical (unpaired) electrons. The number of carbonyl (C=O) groups excluding carboxylic acids is 2. The molecule has 1 aromatic heterocycles. The minimum Gasteiger partial charge on any atom is -0.484 e. The van der Waals surface area contributed by atoms with Crippen molar-refractivity contribution in [1.29, 1.82) is 0 Å². The van der Waals surface area contributed by atoms with Crippen LogP contribution >= 0.6 is 23.2 Å². The molecule has 0 aliphatic heterocycles. The maximum atomic E-state index is 11.9. The van der Waals surface area contributed by atoms with Gasteiger partial charge in [0.2, 0.25) is 5.76 Å². The molecule has 1 heterocycles. The highest BCUT2D eigenvalue weighted by atomic mass is 35.5. The van der Waals surface area contributed by atoms with E-state index in [-0.39, 0.29) is 24.8 Å². The molecule has 8 nitrogen and oxygen atoms in total. The average molecular weight is 414 g/mol. The van der Waals surface area contributed by atoms with Crippen molar-refractivity contribution in [3.63, 3.8) is 0 Å². The highest BCUT2D eigenvalue weighted by Crippen LogP contribution is 2.26. The van der Waals surface area contributed by atoms with Crippen molar-refractivity contribution in [3.8, 4) is 11.6 Å². The average Bonchev–Trinajstić information content (AvgIpc) is 3.12. The lowest BCUT2D eigenvalue weighted by molar-refractivity contribution is -0.122. The van der Waals surface area contributed by atoms with Crippen molar-refractivity contribution in [2.75, 3.05) is 20.3 Å². The number of nitrogens with zero attached hydrogens (tertiary/aromatic N) is 1. The zero-order valence-corrected chi connectivity index (χ0v) is 15.9. The molecule has 0 aliphatic rings. The summed E-state index contributed by atoms with van der Waals surface area (Å²) in [6, 6.07) is 6.06. The predicted molar refractivity (Wildman–Crippen MR) is 99.2 cm³/mol. The van der Waals surface area contributed by atoms with Gasteiger partial charge in [0.25, 0.3) is 17.7 Å². The zero-order valence-electron chi connectivity index (χ0n) is 14.4. The Morgan fingerprint density at radius 2 is 2.04 bits per heavy atom. The predicted octanol–water partition coefficient (Wildman–Crippen LogP) is 2.82. The van der Waals surface area contributed by atoms with Crippen LogP contribution in [0.25, 0.3) is 0 Å². The first-order valence-corrected chi connectivity index (χ1v) is 8.49. The van der Waals surface area contributed by atoms with Gasteiger partial charge in [0.1, 0.15) is 5.75 Å². The second kappa shape index (κ2) is 9.84.